The van der Waals surface area contributed by atoms with E-state index in [1.165, 1.54) is 15.6 Å². The number of hydrogen-bond acceptors (Lipinski definition) is 3. The van der Waals surface area contributed by atoms with E-state index in [9.17, 15) is 5.11 Å². The fourth-order valence-electron chi connectivity index (χ4n) is 2.19. The standard InChI is InChI=1S/C16H16OS2/c1-16(17,8-6-12-7-9-18-11-12)15-10-13-4-2-3-5-14(13)19-15/h2-5,7,9-11,17H,6,8H2,1H3. The van der Waals surface area contributed by atoms with Crippen LogP contribution in [0.25, 0.3) is 10.1 Å². The van der Waals surface area contributed by atoms with E-state index < -0.39 is 5.60 Å². The first-order valence-electron chi connectivity index (χ1n) is 6.38. The van der Waals surface area contributed by atoms with Crippen LogP contribution in [-0.2, 0) is 12.0 Å². The van der Waals surface area contributed by atoms with E-state index in [-0.39, 0.29) is 0 Å². The minimum atomic E-state index is -0.744. The van der Waals surface area contributed by atoms with E-state index in [2.05, 4.69) is 35.0 Å². The van der Waals surface area contributed by atoms with Gasteiger partial charge in [0.15, 0.2) is 0 Å². The van der Waals surface area contributed by atoms with E-state index in [1.54, 1.807) is 22.7 Å². The van der Waals surface area contributed by atoms with E-state index >= 15 is 0 Å². The molecule has 1 atom stereocenters. The fourth-order valence-corrected chi connectivity index (χ4v) is 4.03. The van der Waals surface area contributed by atoms with Crippen molar-refractivity contribution >= 4 is 32.8 Å². The van der Waals surface area contributed by atoms with E-state index in [0.29, 0.717) is 0 Å². The summed E-state index contributed by atoms with van der Waals surface area (Å²) in [6.07, 6.45) is 1.68. The van der Waals surface area contributed by atoms with Crippen LogP contribution >= 0.6 is 22.7 Å². The number of benzene rings is 1. The van der Waals surface area contributed by atoms with Gasteiger partial charge in [-0.1, -0.05) is 18.2 Å². The molecule has 1 nitrogen and oxygen atoms in total. The van der Waals surface area contributed by atoms with Gasteiger partial charge in [0, 0.05) is 9.58 Å². The quantitative estimate of drug-likeness (QED) is 0.731. The Bertz CT molecular complexity index is 632. The van der Waals surface area contributed by atoms with Gasteiger partial charge in [-0.2, -0.15) is 11.3 Å². The minimum absolute atomic E-state index is 0.744. The molecule has 3 heteroatoms. The Balaban J connectivity index is 1.82. The smallest absolute Gasteiger partial charge is 0.0963 e. The highest BCUT2D eigenvalue weighted by atomic mass is 32.1. The van der Waals surface area contributed by atoms with Crippen LogP contribution in [0.5, 0.6) is 0 Å². The number of rotatable bonds is 4. The van der Waals surface area contributed by atoms with Crippen molar-refractivity contribution in [3.63, 3.8) is 0 Å². The first-order valence-corrected chi connectivity index (χ1v) is 8.14. The molecular formula is C16H16OS2. The van der Waals surface area contributed by atoms with Crippen molar-refractivity contribution in [1.82, 2.24) is 0 Å². The van der Waals surface area contributed by atoms with Crippen LogP contribution in [0, 0.1) is 0 Å². The molecule has 2 heterocycles. The Labute approximate surface area is 121 Å². The maximum absolute atomic E-state index is 10.7. The molecule has 1 N–H and O–H groups in total. The Hall–Kier alpha value is -1.16. The molecule has 19 heavy (non-hydrogen) atoms. The van der Waals surface area contributed by atoms with Gasteiger partial charge in [-0.3, -0.25) is 0 Å². The first-order chi connectivity index (χ1) is 9.15. The van der Waals surface area contributed by atoms with Gasteiger partial charge >= 0.3 is 0 Å². The van der Waals surface area contributed by atoms with Crippen LogP contribution in [-0.4, -0.2) is 5.11 Å². The van der Waals surface area contributed by atoms with E-state index in [4.69, 9.17) is 0 Å². The second-order valence-electron chi connectivity index (χ2n) is 5.05. The van der Waals surface area contributed by atoms with Gasteiger partial charge in [-0.05, 0) is 59.7 Å². The molecule has 1 aromatic carbocycles. The molecule has 0 fully saturated rings. The van der Waals surface area contributed by atoms with Crippen LogP contribution < -0.4 is 0 Å². The summed E-state index contributed by atoms with van der Waals surface area (Å²) < 4.78 is 1.24. The third kappa shape index (κ3) is 2.73. The zero-order chi connectivity index (χ0) is 13.3. The van der Waals surface area contributed by atoms with E-state index in [1.807, 2.05) is 19.1 Å². The zero-order valence-corrected chi connectivity index (χ0v) is 12.4. The summed E-state index contributed by atoms with van der Waals surface area (Å²) in [6, 6.07) is 12.5. The normalized spacial score (nSPS) is 14.6. The Kier molecular flexibility index (Phi) is 3.44. The molecule has 3 aromatic rings. The third-order valence-electron chi connectivity index (χ3n) is 3.44. The zero-order valence-electron chi connectivity index (χ0n) is 10.8. The molecule has 0 bridgehead atoms. The second kappa shape index (κ2) is 5.08. The van der Waals surface area contributed by atoms with Gasteiger partial charge in [0.1, 0.15) is 0 Å². The van der Waals surface area contributed by atoms with Crippen LogP contribution in [0.2, 0.25) is 0 Å². The summed E-state index contributed by atoms with van der Waals surface area (Å²) in [7, 11) is 0. The van der Waals surface area contributed by atoms with Crippen molar-refractivity contribution in [1.29, 1.82) is 0 Å². The van der Waals surface area contributed by atoms with Crippen LogP contribution in [0.3, 0.4) is 0 Å². The summed E-state index contributed by atoms with van der Waals surface area (Å²) in [5.41, 5.74) is 0.567. The number of hydrogen-bond donors (Lipinski definition) is 1. The van der Waals surface area contributed by atoms with Crippen LogP contribution in [0.1, 0.15) is 23.8 Å². The number of thiophene rings is 2. The average molecular weight is 288 g/mol. The van der Waals surface area contributed by atoms with Crippen molar-refractivity contribution in [3.8, 4) is 0 Å². The molecule has 1 unspecified atom stereocenters. The van der Waals surface area contributed by atoms with Crippen molar-refractivity contribution in [2.45, 2.75) is 25.4 Å². The summed E-state index contributed by atoms with van der Waals surface area (Å²) in [5, 5.41) is 16.2. The van der Waals surface area contributed by atoms with Crippen LogP contribution in [0.15, 0.2) is 47.2 Å². The van der Waals surface area contributed by atoms with Crippen molar-refractivity contribution < 1.29 is 5.11 Å². The molecule has 0 saturated heterocycles. The van der Waals surface area contributed by atoms with Gasteiger partial charge in [-0.25, -0.2) is 0 Å². The summed E-state index contributed by atoms with van der Waals surface area (Å²) in [6.45, 7) is 1.92. The van der Waals surface area contributed by atoms with Gasteiger partial charge in [0.05, 0.1) is 5.60 Å². The molecule has 0 spiro atoms. The summed E-state index contributed by atoms with van der Waals surface area (Å²) >= 11 is 3.40. The Morgan fingerprint density at radius 2 is 2.05 bits per heavy atom. The van der Waals surface area contributed by atoms with Crippen molar-refractivity contribution in [3.05, 3.63) is 57.6 Å². The van der Waals surface area contributed by atoms with Crippen molar-refractivity contribution in [2.75, 3.05) is 0 Å². The van der Waals surface area contributed by atoms with E-state index in [0.717, 1.165) is 17.7 Å². The maximum atomic E-state index is 10.7. The molecule has 0 aliphatic rings. The van der Waals surface area contributed by atoms with Crippen molar-refractivity contribution in [2.24, 2.45) is 0 Å². The number of fused-ring (bicyclic) bond motifs is 1. The van der Waals surface area contributed by atoms with Gasteiger partial charge in [0.2, 0.25) is 0 Å². The molecule has 0 amide bonds. The SMILES string of the molecule is CC(O)(CCc1ccsc1)c1cc2ccccc2s1. The maximum Gasteiger partial charge on any atom is 0.0963 e. The molecule has 2 aromatic heterocycles. The van der Waals surface area contributed by atoms with Gasteiger partial charge in [-0.15, -0.1) is 11.3 Å². The van der Waals surface area contributed by atoms with Gasteiger partial charge < -0.3 is 5.11 Å². The largest absolute Gasteiger partial charge is 0.385 e. The lowest BCUT2D eigenvalue weighted by Crippen LogP contribution is -2.20. The highest BCUT2D eigenvalue weighted by Gasteiger charge is 2.25. The predicted octanol–water partition coefficient (Wildman–Crippen LogP) is 4.80. The molecule has 3 rings (SSSR count). The third-order valence-corrected chi connectivity index (χ3v) is 5.54. The molecule has 0 aliphatic carbocycles. The molecular weight excluding hydrogens is 272 g/mol. The van der Waals surface area contributed by atoms with Gasteiger partial charge in [0.25, 0.3) is 0 Å². The Morgan fingerprint density at radius 3 is 2.79 bits per heavy atom. The Morgan fingerprint density at radius 1 is 1.21 bits per heavy atom. The monoisotopic (exact) mass is 288 g/mol. The van der Waals surface area contributed by atoms with Crippen LogP contribution in [0.4, 0.5) is 0 Å². The molecule has 0 radical (unpaired) electrons. The average Bonchev–Trinajstić information content (AvgIpc) is 3.05. The topological polar surface area (TPSA) is 20.2 Å². The number of aliphatic hydroxyl groups is 1. The summed E-state index contributed by atoms with van der Waals surface area (Å²) in [4.78, 5) is 1.06. The lowest BCUT2D eigenvalue weighted by Gasteiger charge is -2.21. The molecule has 98 valence electrons. The summed E-state index contributed by atoms with van der Waals surface area (Å²) in [5.74, 6) is 0. The number of aryl methyl sites for hydroxylation is 1. The highest BCUT2D eigenvalue weighted by Crippen LogP contribution is 2.35. The predicted molar refractivity (Wildman–Crippen MR) is 84.0 cm³/mol. The highest BCUT2D eigenvalue weighted by molar-refractivity contribution is 7.19. The minimum Gasteiger partial charge on any atom is -0.385 e. The fraction of sp³-hybridized carbons (Fsp3) is 0.250. The first kappa shape index (κ1) is 12.9. The lowest BCUT2D eigenvalue weighted by molar-refractivity contribution is 0.0519. The molecule has 0 saturated carbocycles. The second-order valence-corrected chi connectivity index (χ2v) is 6.92. The lowest BCUT2D eigenvalue weighted by atomic mass is 9.96. The molecule has 0 aliphatic heterocycles.